The number of fused-ring (bicyclic) bond motifs is 2. The van der Waals surface area contributed by atoms with Crippen LogP contribution in [0.4, 0.5) is 0 Å². The van der Waals surface area contributed by atoms with Crippen molar-refractivity contribution in [2.45, 2.75) is 6.54 Å². The summed E-state index contributed by atoms with van der Waals surface area (Å²) in [6.07, 6.45) is 0. The smallest absolute Gasteiger partial charge is 0.336 e. The Kier molecular flexibility index (Phi) is 3.08. The van der Waals surface area contributed by atoms with Crippen LogP contribution in [0.2, 0.25) is 0 Å². The number of aromatic nitrogens is 3. The number of para-hydroxylation sites is 1. The maximum absolute atomic E-state index is 11.8. The van der Waals surface area contributed by atoms with Crippen LogP contribution < -0.4 is 10.4 Å². The Morgan fingerprint density at radius 3 is 2.91 bits per heavy atom. The van der Waals surface area contributed by atoms with Crippen LogP contribution in [0, 0.1) is 0 Å². The lowest BCUT2D eigenvalue weighted by Gasteiger charge is -2.07. The normalized spacial score (nSPS) is 11.2. The highest BCUT2D eigenvalue weighted by molar-refractivity contribution is 5.82. The van der Waals surface area contributed by atoms with Gasteiger partial charge < -0.3 is 9.15 Å². The molecule has 0 saturated heterocycles. The maximum atomic E-state index is 11.8. The van der Waals surface area contributed by atoms with Crippen LogP contribution in [-0.4, -0.2) is 22.1 Å². The Hall–Kier alpha value is -3.15. The zero-order valence-corrected chi connectivity index (χ0v) is 12.4. The number of hydrogen-bond acceptors (Lipinski definition) is 5. The van der Waals surface area contributed by atoms with Crippen molar-refractivity contribution in [2.24, 2.45) is 0 Å². The number of methoxy groups -OCH3 is 1. The second kappa shape index (κ2) is 5.24. The topological polar surface area (TPSA) is 70.2 Å². The molecule has 4 aromatic rings. The molecular weight excluding hydrogens is 294 g/mol. The van der Waals surface area contributed by atoms with E-state index in [0.29, 0.717) is 17.9 Å². The summed E-state index contributed by atoms with van der Waals surface area (Å²) in [6, 6.07) is 14.6. The summed E-state index contributed by atoms with van der Waals surface area (Å²) in [6.45, 7) is 0.439. The van der Waals surface area contributed by atoms with Crippen molar-refractivity contribution in [2.75, 3.05) is 7.11 Å². The molecule has 0 spiro atoms. The van der Waals surface area contributed by atoms with Gasteiger partial charge in [-0.2, -0.15) is 0 Å². The van der Waals surface area contributed by atoms with Gasteiger partial charge in [0, 0.05) is 17.5 Å². The Labute approximate surface area is 130 Å². The van der Waals surface area contributed by atoms with Crippen molar-refractivity contribution in [3.05, 3.63) is 64.5 Å². The van der Waals surface area contributed by atoms with Gasteiger partial charge in [0.1, 0.15) is 16.8 Å². The first-order valence-corrected chi connectivity index (χ1v) is 7.13. The molecule has 2 heterocycles. The molecular formula is C17H13N3O3. The minimum atomic E-state index is -0.398. The van der Waals surface area contributed by atoms with Crippen LogP contribution >= 0.6 is 0 Å². The van der Waals surface area contributed by atoms with Gasteiger partial charge in [0.05, 0.1) is 19.2 Å². The Bertz CT molecular complexity index is 1070. The predicted octanol–water partition coefficient (Wildman–Crippen LogP) is 2.59. The SMILES string of the molecule is COc1ccc2c(Cn3nnc4ccccc43)cc(=O)oc2c1. The van der Waals surface area contributed by atoms with Crippen molar-refractivity contribution in [1.82, 2.24) is 15.0 Å². The minimum Gasteiger partial charge on any atom is -0.497 e. The molecule has 0 aliphatic carbocycles. The first kappa shape index (κ1) is 13.5. The Balaban J connectivity index is 1.86. The number of benzene rings is 2. The summed E-state index contributed by atoms with van der Waals surface area (Å²) in [5, 5.41) is 9.16. The summed E-state index contributed by atoms with van der Waals surface area (Å²) < 4.78 is 12.2. The van der Waals surface area contributed by atoms with E-state index in [9.17, 15) is 4.79 Å². The third kappa shape index (κ3) is 2.34. The van der Waals surface area contributed by atoms with Gasteiger partial charge in [0.25, 0.3) is 0 Å². The molecule has 0 saturated carbocycles. The molecule has 0 aliphatic heterocycles. The van der Waals surface area contributed by atoms with E-state index in [1.54, 1.807) is 17.9 Å². The molecule has 6 nitrogen and oxygen atoms in total. The molecule has 0 aliphatic rings. The first-order chi connectivity index (χ1) is 11.2. The van der Waals surface area contributed by atoms with Crippen molar-refractivity contribution >= 4 is 22.0 Å². The lowest BCUT2D eigenvalue weighted by atomic mass is 10.1. The van der Waals surface area contributed by atoms with Crippen molar-refractivity contribution in [3.8, 4) is 5.75 Å². The summed E-state index contributed by atoms with van der Waals surface area (Å²) in [4.78, 5) is 11.8. The molecule has 0 bridgehead atoms. The molecule has 6 heteroatoms. The van der Waals surface area contributed by atoms with Gasteiger partial charge in [0.2, 0.25) is 0 Å². The summed E-state index contributed by atoms with van der Waals surface area (Å²) >= 11 is 0. The van der Waals surface area contributed by atoms with Crippen LogP contribution in [0.1, 0.15) is 5.56 Å². The molecule has 4 rings (SSSR count). The minimum absolute atomic E-state index is 0.398. The second-order valence-corrected chi connectivity index (χ2v) is 5.19. The van der Waals surface area contributed by atoms with Crippen LogP contribution in [0.3, 0.4) is 0 Å². The van der Waals surface area contributed by atoms with E-state index in [2.05, 4.69) is 10.3 Å². The highest BCUT2D eigenvalue weighted by atomic mass is 16.5. The van der Waals surface area contributed by atoms with Gasteiger partial charge in [-0.15, -0.1) is 5.10 Å². The van der Waals surface area contributed by atoms with Crippen LogP contribution in [0.15, 0.2) is 57.7 Å². The molecule has 0 fully saturated rings. The van der Waals surface area contributed by atoms with E-state index < -0.39 is 5.63 Å². The average Bonchev–Trinajstić information content (AvgIpc) is 2.97. The lowest BCUT2D eigenvalue weighted by molar-refractivity contribution is 0.414. The lowest BCUT2D eigenvalue weighted by Crippen LogP contribution is -2.07. The number of nitrogens with zero attached hydrogens (tertiary/aromatic N) is 3. The van der Waals surface area contributed by atoms with Gasteiger partial charge in [-0.3, -0.25) is 0 Å². The van der Waals surface area contributed by atoms with Gasteiger partial charge in [0.15, 0.2) is 0 Å². The number of ether oxygens (including phenoxy) is 1. The quantitative estimate of drug-likeness (QED) is 0.544. The molecule has 0 radical (unpaired) electrons. The fourth-order valence-corrected chi connectivity index (χ4v) is 2.66. The van der Waals surface area contributed by atoms with E-state index in [4.69, 9.17) is 9.15 Å². The van der Waals surface area contributed by atoms with E-state index in [1.165, 1.54) is 6.07 Å². The monoisotopic (exact) mass is 307 g/mol. The maximum Gasteiger partial charge on any atom is 0.336 e. The fraction of sp³-hybridized carbons (Fsp3) is 0.118. The van der Waals surface area contributed by atoms with Crippen molar-refractivity contribution < 1.29 is 9.15 Å². The van der Waals surface area contributed by atoms with Gasteiger partial charge in [-0.05, 0) is 29.8 Å². The van der Waals surface area contributed by atoms with Gasteiger partial charge in [-0.1, -0.05) is 17.3 Å². The Morgan fingerprint density at radius 1 is 1.17 bits per heavy atom. The molecule has 0 atom stereocenters. The van der Waals surface area contributed by atoms with E-state index in [0.717, 1.165) is 22.0 Å². The van der Waals surface area contributed by atoms with Crippen LogP contribution in [0.25, 0.3) is 22.0 Å². The predicted molar refractivity (Wildman–Crippen MR) is 85.7 cm³/mol. The average molecular weight is 307 g/mol. The number of rotatable bonds is 3. The van der Waals surface area contributed by atoms with E-state index >= 15 is 0 Å². The fourth-order valence-electron chi connectivity index (χ4n) is 2.66. The summed E-state index contributed by atoms with van der Waals surface area (Å²) in [5.41, 5.74) is 2.67. The van der Waals surface area contributed by atoms with E-state index in [-0.39, 0.29) is 0 Å². The molecule has 23 heavy (non-hydrogen) atoms. The van der Waals surface area contributed by atoms with Crippen molar-refractivity contribution in [3.63, 3.8) is 0 Å². The highest BCUT2D eigenvalue weighted by Crippen LogP contribution is 2.23. The summed E-state index contributed by atoms with van der Waals surface area (Å²) in [5.74, 6) is 0.643. The molecule has 0 N–H and O–H groups in total. The zero-order valence-electron chi connectivity index (χ0n) is 12.4. The van der Waals surface area contributed by atoms with E-state index in [1.807, 2.05) is 36.4 Å². The standard InChI is InChI=1S/C17H13N3O3/c1-22-12-6-7-13-11(8-17(21)23-16(13)9-12)10-20-15-5-3-2-4-14(15)18-19-20/h2-9H,10H2,1H3. The second-order valence-electron chi connectivity index (χ2n) is 5.19. The third-order valence-electron chi connectivity index (χ3n) is 3.78. The first-order valence-electron chi connectivity index (χ1n) is 7.13. The molecule has 0 unspecified atom stereocenters. The third-order valence-corrected chi connectivity index (χ3v) is 3.78. The van der Waals surface area contributed by atoms with Gasteiger partial charge >= 0.3 is 5.63 Å². The zero-order chi connectivity index (χ0) is 15.8. The van der Waals surface area contributed by atoms with Crippen LogP contribution in [-0.2, 0) is 6.54 Å². The number of hydrogen-bond donors (Lipinski definition) is 0. The highest BCUT2D eigenvalue weighted by Gasteiger charge is 2.10. The Morgan fingerprint density at radius 2 is 2.04 bits per heavy atom. The molecule has 114 valence electrons. The van der Waals surface area contributed by atoms with Crippen LogP contribution in [0.5, 0.6) is 5.75 Å². The molecule has 0 amide bonds. The molecule has 2 aromatic heterocycles. The van der Waals surface area contributed by atoms with Crippen molar-refractivity contribution in [1.29, 1.82) is 0 Å². The molecule has 2 aromatic carbocycles. The van der Waals surface area contributed by atoms with Gasteiger partial charge in [-0.25, -0.2) is 9.48 Å². The largest absolute Gasteiger partial charge is 0.497 e. The summed E-state index contributed by atoms with van der Waals surface area (Å²) in [7, 11) is 1.57.